The fourth-order valence-corrected chi connectivity index (χ4v) is 0.786. The van der Waals surface area contributed by atoms with Crippen LogP contribution in [0, 0.1) is 0 Å². The van der Waals surface area contributed by atoms with Gasteiger partial charge in [-0.2, -0.15) is 0 Å². The third kappa shape index (κ3) is 1.37. The molecule has 46 valence electrons. The van der Waals surface area contributed by atoms with Gasteiger partial charge in [-0.05, 0) is 34.5 Å². The van der Waals surface area contributed by atoms with Crippen LogP contribution in [-0.2, 0) is 0 Å². The maximum Gasteiger partial charge on any atom is 0.160 e. The van der Waals surface area contributed by atoms with E-state index in [4.69, 9.17) is 0 Å². The van der Waals surface area contributed by atoms with Crippen molar-refractivity contribution in [1.82, 2.24) is 10.6 Å². The predicted molar refractivity (Wildman–Crippen MR) is 43.4 cm³/mol. The van der Waals surface area contributed by atoms with Gasteiger partial charge in [-0.1, -0.05) is 0 Å². The molecule has 1 saturated heterocycles. The Hall–Kier alpha value is -0.660. The molecule has 0 spiro atoms. The lowest BCUT2D eigenvalue weighted by atomic mass is 10.5. The molecule has 1 fully saturated rings. The third-order valence-electron chi connectivity index (χ3n) is 0.943. The maximum atomic E-state index is 4.55. The fourth-order valence-electron chi connectivity index (χ4n) is 0.539. The molecule has 1 aliphatic heterocycles. The molecule has 0 aliphatic carbocycles. The molecule has 2 N–H and O–H groups in total. The highest BCUT2D eigenvalue weighted by Gasteiger charge is 2.07. The van der Waals surface area contributed by atoms with Crippen molar-refractivity contribution in [3.05, 3.63) is 11.5 Å². The average Bonchev–Trinajstić information content (AvgIpc) is 2.34. The van der Waals surface area contributed by atoms with Crippen molar-refractivity contribution in [2.45, 2.75) is 0 Å². The van der Waals surface area contributed by atoms with E-state index in [1.165, 1.54) is 0 Å². The highest BCUT2D eigenvalue weighted by atomic mass is 32.1. The van der Waals surface area contributed by atoms with Crippen molar-refractivity contribution < 1.29 is 0 Å². The molecule has 0 aromatic heterocycles. The molecule has 0 radical (unpaired) electrons. The summed E-state index contributed by atoms with van der Waals surface area (Å²) in [5.41, 5.74) is 0.845. The van der Waals surface area contributed by atoms with Crippen LogP contribution in [-0.4, -0.2) is 16.6 Å². The molecule has 0 bridgehead atoms. The Bertz CT molecular complexity index is 197. The van der Waals surface area contributed by atoms with Gasteiger partial charge in [0, 0.05) is 0 Å². The number of thiocarbonyl (C=S) groups is 2. The highest BCUT2D eigenvalue weighted by Crippen LogP contribution is 1.93. The largest absolute Gasteiger partial charge is 0.358 e. The van der Waals surface area contributed by atoms with E-state index in [2.05, 4.69) is 45.1 Å². The lowest BCUT2D eigenvalue weighted by Gasteiger charge is -1.87. The zero-order chi connectivity index (χ0) is 6.69. The summed E-state index contributed by atoms with van der Waals surface area (Å²) in [6.45, 7) is 0.683. The van der Waals surface area contributed by atoms with Crippen molar-refractivity contribution in [2.75, 3.05) is 6.54 Å². The molecule has 4 heteroatoms. The van der Waals surface area contributed by atoms with Crippen LogP contribution in [0.15, 0.2) is 11.5 Å². The first-order valence-electron chi connectivity index (χ1n) is 2.37. The molecule has 2 nitrogen and oxygen atoms in total. The Kier molecular flexibility index (Phi) is 1.98. The highest BCUT2D eigenvalue weighted by molar-refractivity contribution is 7.78. The summed E-state index contributed by atoms with van der Waals surface area (Å²) in [6, 6.07) is 0. The minimum atomic E-state index is 0.683. The molecule has 0 aromatic carbocycles. The van der Waals surface area contributed by atoms with Crippen LogP contribution in [0.1, 0.15) is 0 Å². The summed E-state index contributed by atoms with van der Waals surface area (Å²) < 4.78 is 0. The van der Waals surface area contributed by atoms with E-state index in [9.17, 15) is 0 Å². The Morgan fingerprint density at radius 3 is 2.44 bits per heavy atom. The Balaban J connectivity index is 2.80. The maximum absolute atomic E-state index is 4.55. The van der Waals surface area contributed by atoms with Crippen LogP contribution in [0.2, 0.25) is 0 Å². The van der Waals surface area contributed by atoms with E-state index >= 15 is 0 Å². The monoisotopic (exact) mass is 156 g/mol. The first kappa shape index (κ1) is 6.46. The minimum absolute atomic E-state index is 0.683. The first-order chi connectivity index (χ1) is 4.36. The molecule has 1 aliphatic rings. The van der Waals surface area contributed by atoms with Gasteiger partial charge in [0.25, 0.3) is 0 Å². The zero-order valence-electron chi connectivity index (χ0n) is 4.52. The molecule has 0 unspecified atom stereocenters. The standard InChI is InChI=1S/C5H4N2S2/c8-2-4-1-6-5(3-9)7-4/h6-7H,1H2. The Labute approximate surface area is 63.6 Å². The summed E-state index contributed by atoms with van der Waals surface area (Å²) >= 11 is 9.07. The van der Waals surface area contributed by atoms with Gasteiger partial charge in [0.2, 0.25) is 0 Å². The summed E-state index contributed by atoms with van der Waals surface area (Å²) in [6.07, 6.45) is 0. The molecule has 0 aromatic rings. The van der Waals surface area contributed by atoms with Crippen LogP contribution in [0.5, 0.6) is 0 Å². The van der Waals surface area contributed by atoms with Gasteiger partial charge in [0.1, 0.15) is 0 Å². The van der Waals surface area contributed by atoms with Crippen molar-refractivity contribution in [1.29, 1.82) is 0 Å². The minimum Gasteiger partial charge on any atom is -0.358 e. The van der Waals surface area contributed by atoms with Crippen molar-refractivity contribution in [2.24, 2.45) is 0 Å². The molecule has 1 rings (SSSR count). The van der Waals surface area contributed by atoms with Crippen molar-refractivity contribution in [3.8, 4) is 0 Å². The number of hydrogen-bond acceptors (Lipinski definition) is 4. The van der Waals surface area contributed by atoms with Crippen LogP contribution >= 0.6 is 24.4 Å². The van der Waals surface area contributed by atoms with E-state index in [1.807, 2.05) is 0 Å². The molecule has 0 amide bonds. The summed E-state index contributed by atoms with van der Waals surface area (Å²) in [5, 5.41) is 10.9. The number of rotatable bonds is 0. The third-order valence-corrected chi connectivity index (χ3v) is 1.39. The van der Waals surface area contributed by atoms with Gasteiger partial charge in [-0.15, -0.1) is 0 Å². The average molecular weight is 156 g/mol. The smallest absolute Gasteiger partial charge is 0.160 e. The van der Waals surface area contributed by atoms with Crippen molar-refractivity contribution in [3.63, 3.8) is 0 Å². The Morgan fingerprint density at radius 1 is 1.33 bits per heavy atom. The first-order valence-corrected chi connectivity index (χ1v) is 3.18. The quantitative estimate of drug-likeness (QED) is 0.486. The van der Waals surface area contributed by atoms with Gasteiger partial charge in [0.15, 0.2) is 5.82 Å². The molecular formula is C5H4N2S2. The fraction of sp³-hybridized carbons (Fsp3) is 0.200. The van der Waals surface area contributed by atoms with E-state index in [0.717, 1.165) is 5.70 Å². The van der Waals surface area contributed by atoms with Gasteiger partial charge < -0.3 is 10.6 Å². The molecular weight excluding hydrogens is 152 g/mol. The van der Waals surface area contributed by atoms with E-state index in [1.54, 1.807) is 0 Å². The summed E-state index contributed by atoms with van der Waals surface area (Å²) in [5.74, 6) is 0.706. The van der Waals surface area contributed by atoms with Crippen LogP contribution < -0.4 is 10.6 Å². The van der Waals surface area contributed by atoms with Gasteiger partial charge in [-0.3, -0.25) is 0 Å². The van der Waals surface area contributed by atoms with Gasteiger partial charge in [0.05, 0.1) is 12.2 Å². The number of hydrogen-bond donors (Lipinski definition) is 2. The molecule has 0 saturated carbocycles. The van der Waals surface area contributed by atoms with Crippen molar-refractivity contribution >= 4 is 34.5 Å². The van der Waals surface area contributed by atoms with E-state index in [0.29, 0.717) is 12.4 Å². The van der Waals surface area contributed by atoms with Crippen LogP contribution in [0.4, 0.5) is 0 Å². The molecule has 9 heavy (non-hydrogen) atoms. The molecule has 1 heterocycles. The zero-order valence-corrected chi connectivity index (χ0v) is 6.16. The summed E-state index contributed by atoms with van der Waals surface area (Å²) in [7, 11) is 0. The second kappa shape index (κ2) is 2.76. The second-order valence-electron chi connectivity index (χ2n) is 1.54. The Morgan fingerprint density at radius 2 is 2.11 bits per heavy atom. The normalized spacial score (nSPS) is 15.6. The summed E-state index contributed by atoms with van der Waals surface area (Å²) in [4.78, 5) is 0. The SMILES string of the molecule is S=C=C1CNC(=C=S)N1. The van der Waals surface area contributed by atoms with E-state index in [-0.39, 0.29) is 0 Å². The van der Waals surface area contributed by atoms with Crippen LogP contribution in [0.25, 0.3) is 0 Å². The van der Waals surface area contributed by atoms with Gasteiger partial charge >= 0.3 is 0 Å². The van der Waals surface area contributed by atoms with Gasteiger partial charge in [-0.25, -0.2) is 0 Å². The van der Waals surface area contributed by atoms with E-state index < -0.39 is 0 Å². The predicted octanol–water partition coefficient (Wildman–Crippen LogP) is 0.102. The lowest BCUT2D eigenvalue weighted by Crippen LogP contribution is -2.09. The topological polar surface area (TPSA) is 24.1 Å². The molecule has 0 atom stereocenters. The second-order valence-corrected chi connectivity index (χ2v) is 1.94. The number of nitrogens with one attached hydrogen (secondary N) is 2. The lowest BCUT2D eigenvalue weighted by molar-refractivity contribution is 0.975. The van der Waals surface area contributed by atoms with Crippen LogP contribution in [0.3, 0.4) is 0 Å².